The van der Waals surface area contributed by atoms with Gasteiger partial charge in [0.25, 0.3) is 0 Å². The summed E-state index contributed by atoms with van der Waals surface area (Å²) in [5.41, 5.74) is 7.42. The van der Waals surface area contributed by atoms with Gasteiger partial charge in [0.15, 0.2) is 11.4 Å². The van der Waals surface area contributed by atoms with Crippen LogP contribution in [0.3, 0.4) is 0 Å². The molecule has 24 heavy (non-hydrogen) atoms. The van der Waals surface area contributed by atoms with Gasteiger partial charge < -0.3 is 14.9 Å². The lowest BCUT2D eigenvalue weighted by Gasteiger charge is -2.08. The number of hydrogen-bond acceptors (Lipinski definition) is 5. The van der Waals surface area contributed by atoms with Crippen LogP contribution in [0.4, 0.5) is 4.39 Å². The van der Waals surface area contributed by atoms with Crippen LogP contribution >= 0.6 is 0 Å². The number of rotatable bonds is 4. The average molecular weight is 326 g/mol. The highest BCUT2D eigenvalue weighted by molar-refractivity contribution is 5.83. The number of ether oxygens (including phenoxy) is 1. The second-order valence-electron chi connectivity index (χ2n) is 5.64. The minimum atomic E-state index is -0.328. The molecule has 0 bridgehead atoms. The van der Waals surface area contributed by atoms with Gasteiger partial charge in [-0.05, 0) is 31.2 Å². The van der Waals surface area contributed by atoms with Crippen molar-refractivity contribution in [2.75, 3.05) is 6.61 Å². The number of fused-ring (bicyclic) bond motifs is 2. The van der Waals surface area contributed by atoms with Crippen molar-refractivity contribution < 1.29 is 13.5 Å². The first-order chi connectivity index (χ1) is 11.6. The van der Waals surface area contributed by atoms with E-state index in [1.165, 1.54) is 6.07 Å². The highest BCUT2D eigenvalue weighted by atomic mass is 19.1. The third-order valence-corrected chi connectivity index (χ3v) is 3.59. The van der Waals surface area contributed by atoms with Gasteiger partial charge in [0.2, 0.25) is 5.88 Å². The van der Waals surface area contributed by atoms with Crippen LogP contribution in [0.5, 0.6) is 5.88 Å². The number of benzene rings is 1. The fourth-order valence-electron chi connectivity index (χ4n) is 2.47. The molecule has 0 spiro atoms. The zero-order chi connectivity index (χ0) is 16.7. The summed E-state index contributed by atoms with van der Waals surface area (Å²) in [6.45, 7) is 2.21. The topological polar surface area (TPSA) is 78.6 Å². The lowest BCUT2D eigenvalue weighted by Crippen LogP contribution is -2.24. The molecule has 0 aliphatic rings. The van der Waals surface area contributed by atoms with E-state index in [0.717, 1.165) is 0 Å². The Morgan fingerprint density at radius 1 is 1.33 bits per heavy atom. The lowest BCUT2D eigenvalue weighted by molar-refractivity contribution is 0.281. The summed E-state index contributed by atoms with van der Waals surface area (Å²) >= 11 is 0. The molecule has 2 N–H and O–H groups in total. The molecule has 0 amide bonds. The highest BCUT2D eigenvalue weighted by Crippen LogP contribution is 2.29. The molecule has 0 aliphatic carbocycles. The maximum atomic E-state index is 13.9. The number of imidazole rings is 1. The minimum absolute atomic E-state index is 0.0943. The number of aromatic nitrogens is 3. The molecule has 4 rings (SSSR count). The second kappa shape index (κ2) is 5.61. The molecule has 0 unspecified atom stereocenters. The Hall–Kier alpha value is -2.93. The average Bonchev–Trinajstić information content (AvgIpc) is 3.16. The van der Waals surface area contributed by atoms with Gasteiger partial charge in [0.05, 0.1) is 11.6 Å². The van der Waals surface area contributed by atoms with Crippen LogP contribution in [-0.2, 0) is 0 Å². The van der Waals surface area contributed by atoms with Crippen LogP contribution in [0.25, 0.3) is 28.1 Å². The Morgan fingerprint density at radius 3 is 3.00 bits per heavy atom. The van der Waals surface area contributed by atoms with Crippen LogP contribution in [0.1, 0.15) is 6.92 Å². The number of halogens is 1. The predicted octanol–water partition coefficient (Wildman–Crippen LogP) is 3.01. The number of nitrogens with zero attached hydrogens (tertiary/aromatic N) is 3. The summed E-state index contributed by atoms with van der Waals surface area (Å²) in [6.07, 6.45) is 1.63. The molecule has 1 atom stereocenters. The summed E-state index contributed by atoms with van der Waals surface area (Å²) in [5.74, 6) is 0.589. The van der Waals surface area contributed by atoms with Crippen molar-refractivity contribution in [1.29, 1.82) is 0 Å². The monoisotopic (exact) mass is 326 g/mol. The molecular weight excluding hydrogens is 311 g/mol. The maximum Gasteiger partial charge on any atom is 0.231 e. The molecule has 3 aromatic heterocycles. The van der Waals surface area contributed by atoms with E-state index in [1.807, 2.05) is 6.92 Å². The molecule has 3 heterocycles. The van der Waals surface area contributed by atoms with Gasteiger partial charge in [-0.25, -0.2) is 13.9 Å². The first-order valence-electron chi connectivity index (χ1n) is 7.53. The molecule has 0 radical (unpaired) electrons. The van der Waals surface area contributed by atoms with Crippen LogP contribution in [0, 0.1) is 5.82 Å². The number of hydrogen-bond donors (Lipinski definition) is 1. The van der Waals surface area contributed by atoms with Crippen molar-refractivity contribution in [1.82, 2.24) is 14.6 Å². The van der Waals surface area contributed by atoms with Crippen molar-refractivity contribution >= 4 is 16.6 Å². The van der Waals surface area contributed by atoms with Gasteiger partial charge >= 0.3 is 0 Å². The van der Waals surface area contributed by atoms with Gasteiger partial charge in [0.1, 0.15) is 23.7 Å². The van der Waals surface area contributed by atoms with Gasteiger partial charge in [-0.15, -0.1) is 5.10 Å². The van der Waals surface area contributed by atoms with Gasteiger partial charge in [-0.2, -0.15) is 0 Å². The Labute approximate surface area is 136 Å². The van der Waals surface area contributed by atoms with Crippen molar-refractivity contribution in [2.24, 2.45) is 5.73 Å². The predicted molar refractivity (Wildman–Crippen MR) is 87.3 cm³/mol. The molecule has 4 aromatic rings. The highest BCUT2D eigenvalue weighted by Gasteiger charge is 2.15. The lowest BCUT2D eigenvalue weighted by atomic mass is 10.2. The van der Waals surface area contributed by atoms with Crippen molar-refractivity contribution in [3.05, 3.63) is 48.4 Å². The number of nitrogens with two attached hydrogens (primary N) is 1. The van der Waals surface area contributed by atoms with Gasteiger partial charge in [0, 0.05) is 12.1 Å². The van der Waals surface area contributed by atoms with E-state index in [1.54, 1.807) is 41.0 Å². The third kappa shape index (κ3) is 2.48. The minimum Gasteiger partial charge on any atom is -0.475 e. The quantitative estimate of drug-likeness (QED) is 0.624. The van der Waals surface area contributed by atoms with Crippen molar-refractivity contribution in [2.45, 2.75) is 13.0 Å². The molecule has 0 fully saturated rings. The van der Waals surface area contributed by atoms with E-state index in [4.69, 9.17) is 14.9 Å². The van der Waals surface area contributed by atoms with E-state index in [0.29, 0.717) is 40.6 Å². The Bertz CT molecular complexity index is 1020. The molecule has 1 aromatic carbocycles. The van der Waals surface area contributed by atoms with Crippen LogP contribution < -0.4 is 10.5 Å². The van der Waals surface area contributed by atoms with E-state index < -0.39 is 0 Å². The number of furan rings is 1. The Balaban J connectivity index is 1.80. The molecule has 0 saturated heterocycles. The zero-order valence-corrected chi connectivity index (χ0v) is 12.9. The van der Waals surface area contributed by atoms with Crippen LogP contribution in [0.15, 0.2) is 47.0 Å². The summed E-state index contributed by atoms with van der Waals surface area (Å²) in [7, 11) is 0. The Morgan fingerprint density at radius 2 is 2.21 bits per heavy atom. The second-order valence-corrected chi connectivity index (χ2v) is 5.64. The molecule has 6 nitrogen and oxygen atoms in total. The van der Waals surface area contributed by atoms with Crippen molar-refractivity contribution in [3.63, 3.8) is 0 Å². The van der Waals surface area contributed by atoms with Crippen molar-refractivity contribution in [3.8, 4) is 17.3 Å². The standard InChI is InChI=1S/C17H15FN4O2/c1-10(19)9-23-17-6-5-16-20-8-13(22(16)21-17)15-7-11-12(18)3-2-4-14(11)24-15/h2-8,10H,9,19H2,1H3/t10-/m0/s1. The fraction of sp³-hybridized carbons (Fsp3) is 0.176. The SMILES string of the molecule is C[C@H](N)COc1ccc2ncc(-c3cc4c(F)cccc4o3)n2n1. The maximum absolute atomic E-state index is 13.9. The first-order valence-corrected chi connectivity index (χ1v) is 7.53. The third-order valence-electron chi connectivity index (χ3n) is 3.59. The molecule has 0 aliphatic heterocycles. The largest absolute Gasteiger partial charge is 0.475 e. The van der Waals surface area contributed by atoms with Crippen LogP contribution in [0.2, 0.25) is 0 Å². The summed E-state index contributed by atoms with van der Waals surface area (Å²) in [4.78, 5) is 4.29. The van der Waals surface area contributed by atoms with E-state index in [2.05, 4.69) is 10.1 Å². The zero-order valence-electron chi connectivity index (χ0n) is 12.9. The molecule has 7 heteroatoms. The van der Waals surface area contributed by atoms with Gasteiger partial charge in [-0.3, -0.25) is 0 Å². The van der Waals surface area contributed by atoms with E-state index in [9.17, 15) is 4.39 Å². The smallest absolute Gasteiger partial charge is 0.231 e. The van der Waals surface area contributed by atoms with Crippen LogP contribution in [-0.4, -0.2) is 27.2 Å². The summed E-state index contributed by atoms with van der Waals surface area (Å²) < 4.78 is 26.7. The summed E-state index contributed by atoms with van der Waals surface area (Å²) in [5, 5.41) is 4.82. The Kier molecular flexibility index (Phi) is 3.42. The van der Waals surface area contributed by atoms with E-state index in [-0.39, 0.29) is 11.9 Å². The summed E-state index contributed by atoms with van der Waals surface area (Å²) in [6, 6.07) is 9.79. The molecule has 122 valence electrons. The fourth-order valence-corrected chi connectivity index (χ4v) is 2.47. The first kappa shape index (κ1) is 14.6. The van der Waals surface area contributed by atoms with E-state index >= 15 is 0 Å². The molecule has 0 saturated carbocycles. The van der Waals surface area contributed by atoms with Gasteiger partial charge in [-0.1, -0.05) is 6.07 Å². The molecular formula is C17H15FN4O2. The normalized spacial score (nSPS) is 12.8.